The van der Waals surface area contributed by atoms with E-state index >= 15 is 0 Å². The van der Waals surface area contributed by atoms with E-state index in [1.165, 1.54) is 17.8 Å². The molecule has 2 heterocycles. The number of H-pyrrole nitrogens is 2. The van der Waals surface area contributed by atoms with Gasteiger partial charge in [-0.1, -0.05) is 39.3 Å². The molecule has 1 amide bonds. The van der Waals surface area contributed by atoms with E-state index in [0.29, 0.717) is 27.4 Å². The quantitative estimate of drug-likeness (QED) is 0.305. The summed E-state index contributed by atoms with van der Waals surface area (Å²) in [5, 5.41) is 12.3. The Morgan fingerprint density at radius 3 is 2.48 bits per heavy atom. The SMILES string of the molecule is O=C(CSc1nnc(Cc2cc(=O)[nH]c(=O)[nH]2)n1-c1ccc(Cl)cc1)Nc1ccc(Br)cc1. The Morgan fingerprint density at radius 2 is 1.79 bits per heavy atom. The minimum Gasteiger partial charge on any atom is -0.325 e. The lowest BCUT2D eigenvalue weighted by molar-refractivity contribution is -0.113. The normalized spacial score (nSPS) is 10.8. The first-order valence-electron chi connectivity index (χ1n) is 9.58. The molecule has 0 aliphatic rings. The average Bonchev–Trinajstić information content (AvgIpc) is 3.16. The van der Waals surface area contributed by atoms with Gasteiger partial charge in [0.25, 0.3) is 5.56 Å². The van der Waals surface area contributed by atoms with Crippen LogP contribution in [0.4, 0.5) is 5.69 Å². The van der Waals surface area contributed by atoms with E-state index < -0.39 is 11.2 Å². The van der Waals surface area contributed by atoms with E-state index in [1.54, 1.807) is 41.0 Å². The summed E-state index contributed by atoms with van der Waals surface area (Å²) in [4.78, 5) is 40.4. The minimum atomic E-state index is -0.603. The number of hydrogen-bond donors (Lipinski definition) is 3. The second-order valence-electron chi connectivity index (χ2n) is 6.84. The van der Waals surface area contributed by atoms with Gasteiger partial charge >= 0.3 is 5.69 Å². The molecule has 0 unspecified atom stereocenters. The van der Waals surface area contributed by atoms with Crippen molar-refractivity contribution in [2.24, 2.45) is 0 Å². The molecular formula is C21H16BrClN6O3S. The number of carbonyl (C=O) groups is 1. The van der Waals surface area contributed by atoms with Crippen LogP contribution in [0.15, 0.2) is 73.8 Å². The van der Waals surface area contributed by atoms with Crippen LogP contribution < -0.4 is 16.6 Å². The zero-order valence-corrected chi connectivity index (χ0v) is 20.0. The number of rotatable bonds is 7. The number of carbonyl (C=O) groups excluding carboxylic acids is 1. The topological polar surface area (TPSA) is 126 Å². The van der Waals surface area contributed by atoms with Crippen molar-refractivity contribution in [3.63, 3.8) is 0 Å². The van der Waals surface area contributed by atoms with Gasteiger partial charge in [-0.25, -0.2) is 4.79 Å². The molecule has 3 N–H and O–H groups in total. The van der Waals surface area contributed by atoms with Crippen molar-refractivity contribution in [1.29, 1.82) is 0 Å². The Kier molecular flexibility index (Phi) is 7.11. The van der Waals surface area contributed by atoms with Crippen molar-refractivity contribution < 1.29 is 4.79 Å². The number of anilines is 1. The summed E-state index contributed by atoms with van der Waals surface area (Å²) in [6, 6.07) is 15.6. The van der Waals surface area contributed by atoms with Crippen molar-refractivity contribution >= 4 is 50.9 Å². The summed E-state index contributed by atoms with van der Waals surface area (Å²) in [6.07, 6.45) is 0.153. The molecule has 0 spiro atoms. The molecular weight excluding hydrogens is 532 g/mol. The highest BCUT2D eigenvalue weighted by Crippen LogP contribution is 2.24. The van der Waals surface area contributed by atoms with Crippen LogP contribution >= 0.6 is 39.3 Å². The molecule has 0 radical (unpaired) electrons. The molecule has 0 saturated heterocycles. The smallest absolute Gasteiger partial charge is 0.325 e. The molecule has 0 aliphatic carbocycles. The Bertz CT molecular complexity index is 1370. The zero-order chi connectivity index (χ0) is 23.4. The fourth-order valence-corrected chi connectivity index (χ4v) is 4.16. The molecule has 4 rings (SSSR count). The van der Waals surface area contributed by atoms with E-state index in [0.717, 1.165) is 10.2 Å². The molecule has 0 atom stereocenters. The molecule has 0 saturated carbocycles. The van der Waals surface area contributed by atoms with Gasteiger partial charge in [0.2, 0.25) is 5.91 Å². The fourth-order valence-electron chi connectivity index (χ4n) is 3.00. The number of amides is 1. The fraction of sp³-hybridized carbons (Fsp3) is 0.0952. The van der Waals surface area contributed by atoms with Gasteiger partial charge < -0.3 is 10.3 Å². The van der Waals surface area contributed by atoms with Gasteiger partial charge in [0.1, 0.15) is 5.82 Å². The molecule has 33 heavy (non-hydrogen) atoms. The lowest BCUT2D eigenvalue weighted by Crippen LogP contribution is -2.23. The lowest BCUT2D eigenvalue weighted by Gasteiger charge is -2.11. The maximum Gasteiger partial charge on any atom is 0.325 e. The molecule has 0 fully saturated rings. The summed E-state index contributed by atoms with van der Waals surface area (Å²) in [5.41, 5.74) is 0.681. The van der Waals surface area contributed by atoms with E-state index in [9.17, 15) is 14.4 Å². The molecule has 168 valence electrons. The van der Waals surface area contributed by atoms with Gasteiger partial charge in [0, 0.05) is 39.1 Å². The molecule has 12 heteroatoms. The Morgan fingerprint density at radius 1 is 1.06 bits per heavy atom. The first kappa shape index (κ1) is 23.0. The summed E-state index contributed by atoms with van der Waals surface area (Å²) >= 11 is 10.6. The van der Waals surface area contributed by atoms with Crippen LogP contribution in [0.25, 0.3) is 5.69 Å². The second kappa shape index (κ2) is 10.2. The average molecular weight is 548 g/mol. The highest BCUT2D eigenvalue weighted by molar-refractivity contribution is 9.10. The second-order valence-corrected chi connectivity index (χ2v) is 9.14. The molecule has 9 nitrogen and oxygen atoms in total. The van der Waals surface area contributed by atoms with Crippen molar-refractivity contribution in [3.8, 4) is 5.69 Å². The minimum absolute atomic E-state index is 0.101. The highest BCUT2D eigenvalue weighted by Gasteiger charge is 2.17. The Hall–Kier alpha value is -3.15. The number of thioether (sulfide) groups is 1. The third-order valence-electron chi connectivity index (χ3n) is 4.41. The van der Waals surface area contributed by atoms with E-state index in [2.05, 4.69) is 41.4 Å². The number of halogens is 2. The van der Waals surface area contributed by atoms with E-state index in [1.807, 2.05) is 12.1 Å². The number of hydrogen-bond acceptors (Lipinski definition) is 6. The van der Waals surface area contributed by atoms with Crippen LogP contribution in [0.5, 0.6) is 0 Å². The predicted molar refractivity (Wildman–Crippen MR) is 130 cm³/mol. The summed E-state index contributed by atoms with van der Waals surface area (Å²) in [6.45, 7) is 0. The van der Waals surface area contributed by atoms with E-state index in [4.69, 9.17) is 11.6 Å². The van der Waals surface area contributed by atoms with Crippen molar-refractivity contribution in [2.75, 3.05) is 11.1 Å². The zero-order valence-electron chi connectivity index (χ0n) is 16.8. The van der Waals surface area contributed by atoms with Crippen LogP contribution in [0.3, 0.4) is 0 Å². The van der Waals surface area contributed by atoms with Crippen LogP contribution in [0.1, 0.15) is 11.5 Å². The van der Waals surface area contributed by atoms with Gasteiger partial charge in [0.05, 0.1) is 5.75 Å². The summed E-state index contributed by atoms with van der Waals surface area (Å²) < 4.78 is 2.67. The first-order valence-corrected chi connectivity index (χ1v) is 11.7. The van der Waals surface area contributed by atoms with Gasteiger partial charge in [-0.05, 0) is 48.5 Å². The Labute approximate surface area is 204 Å². The summed E-state index contributed by atoms with van der Waals surface area (Å²) in [5.74, 6) is 0.381. The number of nitrogens with one attached hydrogen (secondary N) is 3. The van der Waals surface area contributed by atoms with Crippen molar-refractivity contribution in [3.05, 3.63) is 96.4 Å². The van der Waals surface area contributed by atoms with Crippen LogP contribution in [0.2, 0.25) is 5.02 Å². The van der Waals surface area contributed by atoms with Gasteiger partial charge in [-0.3, -0.25) is 19.1 Å². The molecule has 4 aromatic rings. The van der Waals surface area contributed by atoms with Gasteiger partial charge in [-0.15, -0.1) is 10.2 Å². The number of benzene rings is 2. The van der Waals surface area contributed by atoms with Gasteiger partial charge in [-0.2, -0.15) is 0 Å². The highest BCUT2D eigenvalue weighted by atomic mass is 79.9. The van der Waals surface area contributed by atoms with E-state index in [-0.39, 0.29) is 18.1 Å². The lowest BCUT2D eigenvalue weighted by atomic mass is 10.2. The molecule has 2 aromatic heterocycles. The maximum absolute atomic E-state index is 12.4. The third-order valence-corrected chi connectivity index (χ3v) is 6.12. The number of aromatic amines is 2. The molecule has 0 aliphatic heterocycles. The van der Waals surface area contributed by atoms with Gasteiger partial charge in [0.15, 0.2) is 5.16 Å². The predicted octanol–water partition coefficient (Wildman–Crippen LogP) is 3.38. The largest absolute Gasteiger partial charge is 0.325 e. The number of aromatic nitrogens is 5. The molecule has 0 bridgehead atoms. The molecule has 2 aromatic carbocycles. The monoisotopic (exact) mass is 546 g/mol. The summed E-state index contributed by atoms with van der Waals surface area (Å²) in [7, 11) is 0. The maximum atomic E-state index is 12.4. The standard InChI is InChI=1S/C21H16BrClN6O3S/c22-12-1-5-14(6-2-12)24-19(31)11-33-21-28-27-17(9-15-10-18(30)26-20(32)25-15)29(21)16-7-3-13(23)4-8-16/h1-8,10H,9,11H2,(H,24,31)(H2,25,26,30,32). The number of nitrogens with zero attached hydrogens (tertiary/aromatic N) is 3. The van der Waals surface area contributed by atoms with Crippen molar-refractivity contribution in [2.45, 2.75) is 11.6 Å². The third kappa shape index (κ3) is 6.01. The van der Waals surface area contributed by atoms with Crippen LogP contribution in [-0.4, -0.2) is 36.4 Å². The first-order chi connectivity index (χ1) is 15.9. The van der Waals surface area contributed by atoms with Crippen LogP contribution in [-0.2, 0) is 11.2 Å². The van der Waals surface area contributed by atoms with Crippen LogP contribution in [0, 0.1) is 0 Å². The van der Waals surface area contributed by atoms with Crippen molar-refractivity contribution in [1.82, 2.24) is 24.7 Å². The Balaban J connectivity index is 1.58.